The average molecular weight is 427 g/mol. The molecule has 4 nitrogen and oxygen atoms in total. The van der Waals surface area contributed by atoms with Crippen molar-refractivity contribution >= 4 is 49.7 Å². The highest BCUT2D eigenvalue weighted by Gasteiger charge is 2.20. The predicted octanol–water partition coefficient (Wildman–Crippen LogP) is 6.04. The monoisotopic (exact) mass is 426 g/mol. The molecular weight excluding hydrogens is 411 g/mol. The Morgan fingerprint density at radius 2 is 1.77 bits per heavy atom. The standard InChI is InChI=1S/C18H16Cl2N2O2S2/c1-11(2)12-3-5-13(6-4-12)16-10-25-18(21-16)22-26(23,24)17-8-7-14(19)9-15(17)20/h3-11H,1-2H3,(H,21,22). The molecule has 0 unspecified atom stereocenters. The summed E-state index contributed by atoms with van der Waals surface area (Å²) in [6.07, 6.45) is 0. The van der Waals surface area contributed by atoms with Crippen molar-refractivity contribution in [3.8, 4) is 11.3 Å². The van der Waals surface area contributed by atoms with Crippen LogP contribution >= 0.6 is 34.5 Å². The summed E-state index contributed by atoms with van der Waals surface area (Å²) in [7, 11) is -3.84. The smallest absolute Gasteiger partial charge is 0.255 e. The van der Waals surface area contributed by atoms with Crippen molar-refractivity contribution in [2.45, 2.75) is 24.7 Å². The molecule has 2 aromatic carbocycles. The Hall–Kier alpha value is -1.60. The van der Waals surface area contributed by atoms with Gasteiger partial charge in [-0.2, -0.15) is 0 Å². The Kier molecular flexibility index (Phi) is 5.58. The molecular formula is C18H16Cl2N2O2S2. The van der Waals surface area contributed by atoms with Gasteiger partial charge in [0.15, 0.2) is 5.13 Å². The van der Waals surface area contributed by atoms with E-state index in [0.717, 1.165) is 5.56 Å². The Morgan fingerprint density at radius 3 is 2.38 bits per heavy atom. The van der Waals surface area contributed by atoms with Crippen LogP contribution in [-0.4, -0.2) is 13.4 Å². The number of anilines is 1. The normalized spacial score (nSPS) is 11.7. The Morgan fingerprint density at radius 1 is 1.08 bits per heavy atom. The molecule has 1 aromatic heterocycles. The lowest BCUT2D eigenvalue weighted by Crippen LogP contribution is -2.13. The fraction of sp³-hybridized carbons (Fsp3) is 0.167. The van der Waals surface area contributed by atoms with Crippen LogP contribution in [-0.2, 0) is 10.0 Å². The summed E-state index contributed by atoms with van der Waals surface area (Å²) >= 11 is 13.0. The van der Waals surface area contributed by atoms with Crippen LogP contribution in [0.25, 0.3) is 11.3 Å². The summed E-state index contributed by atoms with van der Waals surface area (Å²) in [5, 5.41) is 2.52. The highest BCUT2D eigenvalue weighted by Crippen LogP contribution is 2.30. The maximum Gasteiger partial charge on any atom is 0.265 e. The van der Waals surface area contributed by atoms with E-state index >= 15 is 0 Å². The first kappa shape index (κ1) is 19.2. The van der Waals surface area contributed by atoms with E-state index < -0.39 is 10.0 Å². The minimum Gasteiger partial charge on any atom is -0.255 e. The molecule has 3 rings (SSSR count). The second-order valence-corrected chi connectivity index (χ2v) is 9.35. The Bertz CT molecular complexity index is 1030. The molecule has 0 amide bonds. The maximum absolute atomic E-state index is 12.5. The van der Waals surface area contributed by atoms with Gasteiger partial charge in [-0.05, 0) is 29.7 Å². The van der Waals surface area contributed by atoms with Gasteiger partial charge in [0.05, 0.1) is 10.7 Å². The van der Waals surface area contributed by atoms with Crippen molar-refractivity contribution in [1.82, 2.24) is 4.98 Å². The molecule has 3 aromatic rings. The summed E-state index contributed by atoms with van der Waals surface area (Å²) in [5.41, 5.74) is 2.88. The number of hydrogen-bond acceptors (Lipinski definition) is 4. The number of sulfonamides is 1. The molecule has 0 saturated heterocycles. The first-order valence-corrected chi connectivity index (χ1v) is 10.9. The molecule has 0 spiro atoms. The fourth-order valence-electron chi connectivity index (χ4n) is 2.36. The molecule has 0 fully saturated rings. The van der Waals surface area contributed by atoms with Gasteiger partial charge in [-0.15, -0.1) is 11.3 Å². The highest BCUT2D eigenvalue weighted by molar-refractivity contribution is 7.93. The molecule has 0 radical (unpaired) electrons. The van der Waals surface area contributed by atoms with E-state index in [2.05, 4.69) is 35.7 Å². The molecule has 0 saturated carbocycles. The van der Waals surface area contributed by atoms with Gasteiger partial charge in [0.1, 0.15) is 4.90 Å². The van der Waals surface area contributed by atoms with Gasteiger partial charge in [-0.25, -0.2) is 13.4 Å². The number of aromatic nitrogens is 1. The summed E-state index contributed by atoms with van der Waals surface area (Å²) in [5.74, 6) is 0.450. The van der Waals surface area contributed by atoms with E-state index in [1.54, 1.807) is 0 Å². The Balaban J connectivity index is 1.83. The van der Waals surface area contributed by atoms with E-state index in [0.29, 0.717) is 16.6 Å². The largest absolute Gasteiger partial charge is 0.265 e. The topological polar surface area (TPSA) is 59.1 Å². The lowest BCUT2D eigenvalue weighted by Gasteiger charge is -2.07. The molecule has 0 bridgehead atoms. The lowest BCUT2D eigenvalue weighted by atomic mass is 10.0. The second kappa shape index (κ2) is 7.56. The predicted molar refractivity (Wildman–Crippen MR) is 109 cm³/mol. The summed E-state index contributed by atoms with van der Waals surface area (Å²) in [6.45, 7) is 4.26. The number of benzene rings is 2. The van der Waals surface area contributed by atoms with Crippen LogP contribution in [0.3, 0.4) is 0 Å². The molecule has 0 aliphatic carbocycles. The minimum atomic E-state index is -3.84. The van der Waals surface area contributed by atoms with Crippen LogP contribution < -0.4 is 4.72 Å². The van der Waals surface area contributed by atoms with Crippen LogP contribution in [0.5, 0.6) is 0 Å². The summed E-state index contributed by atoms with van der Waals surface area (Å²) in [6, 6.07) is 12.3. The third kappa shape index (κ3) is 4.20. The van der Waals surface area contributed by atoms with Crippen LogP contribution in [0, 0.1) is 0 Å². The van der Waals surface area contributed by atoms with Gasteiger partial charge in [-0.3, -0.25) is 4.72 Å². The SMILES string of the molecule is CC(C)c1ccc(-c2csc(NS(=O)(=O)c3ccc(Cl)cc3Cl)n2)cc1. The second-order valence-electron chi connectivity index (χ2n) is 5.99. The quantitative estimate of drug-likeness (QED) is 0.540. The van der Waals surface area contributed by atoms with Crippen molar-refractivity contribution in [3.05, 3.63) is 63.5 Å². The van der Waals surface area contributed by atoms with Crippen LogP contribution in [0.15, 0.2) is 52.7 Å². The highest BCUT2D eigenvalue weighted by atomic mass is 35.5. The molecule has 0 aliphatic rings. The first-order chi connectivity index (χ1) is 12.3. The molecule has 0 atom stereocenters. The molecule has 1 heterocycles. The summed E-state index contributed by atoms with van der Waals surface area (Å²) < 4.78 is 27.5. The number of halogens is 2. The van der Waals surface area contributed by atoms with Crippen LogP contribution in [0.2, 0.25) is 10.0 Å². The third-order valence-corrected chi connectivity index (χ3v) is 6.73. The number of nitrogens with one attached hydrogen (secondary N) is 1. The number of nitrogens with zero attached hydrogens (tertiary/aromatic N) is 1. The van der Waals surface area contributed by atoms with Crippen molar-refractivity contribution < 1.29 is 8.42 Å². The van der Waals surface area contributed by atoms with Gasteiger partial charge in [-0.1, -0.05) is 61.3 Å². The molecule has 1 N–H and O–H groups in total. The van der Waals surface area contributed by atoms with Gasteiger partial charge in [0.2, 0.25) is 0 Å². The van der Waals surface area contributed by atoms with E-state index in [1.807, 2.05) is 17.5 Å². The van der Waals surface area contributed by atoms with Crippen molar-refractivity contribution in [2.75, 3.05) is 4.72 Å². The van der Waals surface area contributed by atoms with Crippen molar-refractivity contribution in [1.29, 1.82) is 0 Å². The van der Waals surface area contributed by atoms with Crippen molar-refractivity contribution in [3.63, 3.8) is 0 Å². The van der Waals surface area contributed by atoms with Gasteiger partial charge in [0, 0.05) is 16.0 Å². The lowest BCUT2D eigenvalue weighted by molar-refractivity contribution is 0.601. The van der Waals surface area contributed by atoms with Gasteiger partial charge >= 0.3 is 0 Å². The zero-order valence-electron chi connectivity index (χ0n) is 14.0. The van der Waals surface area contributed by atoms with Crippen LogP contribution in [0.4, 0.5) is 5.13 Å². The first-order valence-electron chi connectivity index (χ1n) is 7.80. The number of rotatable bonds is 5. The van der Waals surface area contributed by atoms with Crippen molar-refractivity contribution in [2.24, 2.45) is 0 Å². The molecule has 136 valence electrons. The van der Waals surface area contributed by atoms with E-state index in [4.69, 9.17) is 23.2 Å². The molecule has 26 heavy (non-hydrogen) atoms. The van der Waals surface area contributed by atoms with E-state index in [1.165, 1.54) is 35.1 Å². The zero-order chi connectivity index (χ0) is 18.9. The summed E-state index contributed by atoms with van der Waals surface area (Å²) in [4.78, 5) is 4.33. The van der Waals surface area contributed by atoms with Gasteiger partial charge < -0.3 is 0 Å². The molecule has 0 aliphatic heterocycles. The number of hydrogen-bond donors (Lipinski definition) is 1. The third-order valence-electron chi connectivity index (χ3n) is 3.78. The Labute approximate surface area is 166 Å². The zero-order valence-corrected chi connectivity index (χ0v) is 17.2. The van der Waals surface area contributed by atoms with Crippen LogP contribution in [0.1, 0.15) is 25.3 Å². The van der Waals surface area contributed by atoms with E-state index in [-0.39, 0.29) is 15.0 Å². The average Bonchev–Trinajstić information content (AvgIpc) is 3.02. The molecule has 8 heteroatoms. The fourth-order valence-corrected chi connectivity index (χ4v) is 5.10. The number of thiazole rings is 1. The van der Waals surface area contributed by atoms with E-state index in [9.17, 15) is 8.42 Å². The minimum absolute atomic E-state index is 0.0402. The van der Waals surface area contributed by atoms with Gasteiger partial charge in [0.25, 0.3) is 10.0 Å². The maximum atomic E-state index is 12.5.